The molecule has 3 aromatic carbocycles. The number of nitrogens with zero attached hydrogens (tertiary/aromatic N) is 2. The maximum absolute atomic E-state index is 13.6. The lowest BCUT2D eigenvalue weighted by Crippen LogP contribution is -2.41. The van der Waals surface area contributed by atoms with E-state index in [9.17, 15) is 13.2 Å². The van der Waals surface area contributed by atoms with Gasteiger partial charge < -0.3 is 14.4 Å². The number of sulfonamides is 1. The van der Waals surface area contributed by atoms with Crippen LogP contribution in [0.4, 0.5) is 5.69 Å². The first-order valence-corrected chi connectivity index (χ1v) is 12.2. The monoisotopic (exact) mass is 482 g/mol. The molecule has 0 radical (unpaired) electrons. The zero-order valence-corrected chi connectivity index (χ0v) is 20.9. The van der Waals surface area contributed by atoms with Gasteiger partial charge in [0.05, 0.1) is 24.8 Å². The van der Waals surface area contributed by atoms with Crippen LogP contribution in [-0.4, -0.2) is 47.0 Å². The summed E-state index contributed by atoms with van der Waals surface area (Å²) in [4.78, 5) is 14.8. The van der Waals surface area contributed by atoms with E-state index in [4.69, 9.17) is 9.47 Å². The minimum atomic E-state index is -3.97. The topological polar surface area (TPSA) is 76.2 Å². The molecule has 0 saturated heterocycles. The quantitative estimate of drug-likeness (QED) is 0.458. The number of para-hydroxylation sites is 1. The van der Waals surface area contributed by atoms with Gasteiger partial charge in [0.1, 0.15) is 6.54 Å². The number of aryl methyl sites for hydroxylation is 2. The molecule has 0 N–H and O–H groups in total. The summed E-state index contributed by atoms with van der Waals surface area (Å²) in [5.41, 5.74) is 3.01. The van der Waals surface area contributed by atoms with Crippen LogP contribution in [0.3, 0.4) is 0 Å². The van der Waals surface area contributed by atoms with Crippen LogP contribution in [0.25, 0.3) is 0 Å². The van der Waals surface area contributed by atoms with Gasteiger partial charge in [-0.05, 0) is 55.3 Å². The van der Waals surface area contributed by atoms with Crippen molar-refractivity contribution < 1.29 is 22.7 Å². The molecule has 7 nitrogen and oxygen atoms in total. The van der Waals surface area contributed by atoms with E-state index >= 15 is 0 Å². The largest absolute Gasteiger partial charge is 0.493 e. The number of likely N-dealkylation sites (N-methyl/N-ethyl adjacent to an activating group) is 1. The summed E-state index contributed by atoms with van der Waals surface area (Å²) in [7, 11) is 0.787. The molecule has 0 fully saturated rings. The summed E-state index contributed by atoms with van der Waals surface area (Å²) in [6.45, 7) is 3.67. The van der Waals surface area contributed by atoms with Crippen LogP contribution in [0.5, 0.6) is 11.5 Å². The van der Waals surface area contributed by atoms with E-state index in [1.807, 2.05) is 32.0 Å². The highest BCUT2D eigenvalue weighted by Crippen LogP contribution is 2.29. The Morgan fingerprint density at radius 2 is 1.53 bits per heavy atom. The SMILES string of the molecule is COc1ccc(CN(C)C(=O)CN(c2ccccc2C)S(=O)(=O)c2ccc(C)cc2)cc1OC. The number of hydrogen-bond donors (Lipinski definition) is 0. The zero-order valence-electron chi connectivity index (χ0n) is 20.1. The number of amides is 1. The van der Waals surface area contributed by atoms with Gasteiger partial charge in [-0.15, -0.1) is 0 Å². The van der Waals surface area contributed by atoms with E-state index in [0.717, 1.165) is 16.7 Å². The summed E-state index contributed by atoms with van der Waals surface area (Å²) in [5.74, 6) is 0.813. The molecule has 0 bridgehead atoms. The Hall–Kier alpha value is -3.52. The van der Waals surface area contributed by atoms with Crippen molar-refractivity contribution in [3.8, 4) is 11.5 Å². The van der Waals surface area contributed by atoms with Crippen LogP contribution < -0.4 is 13.8 Å². The van der Waals surface area contributed by atoms with Crippen LogP contribution in [-0.2, 0) is 21.4 Å². The average Bonchev–Trinajstić information content (AvgIpc) is 2.83. The van der Waals surface area contributed by atoms with Crippen molar-refractivity contribution >= 4 is 21.6 Å². The van der Waals surface area contributed by atoms with Gasteiger partial charge in [0.25, 0.3) is 10.0 Å². The van der Waals surface area contributed by atoms with Crippen molar-refractivity contribution in [3.05, 3.63) is 83.4 Å². The molecule has 34 heavy (non-hydrogen) atoms. The first kappa shape index (κ1) is 25.1. The third kappa shape index (κ3) is 5.51. The van der Waals surface area contributed by atoms with Crippen LogP contribution >= 0.6 is 0 Å². The van der Waals surface area contributed by atoms with Crippen molar-refractivity contribution in [3.63, 3.8) is 0 Å². The Bertz CT molecular complexity index is 1260. The molecule has 0 aliphatic heterocycles. The Morgan fingerprint density at radius 3 is 2.15 bits per heavy atom. The average molecular weight is 483 g/mol. The number of carbonyl (C=O) groups is 1. The van der Waals surface area contributed by atoms with Crippen LogP contribution in [0, 0.1) is 13.8 Å². The van der Waals surface area contributed by atoms with Crippen LogP contribution in [0.15, 0.2) is 71.6 Å². The fraction of sp³-hybridized carbons (Fsp3) is 0.269. The van der Waals surface area contributed by atoms with Crippen molar-refractivity contribution in [1.82, 2.24) is 4.90 Å². The highest BCUT2D eigenvalue weighted by atomic mass is 32.2. The molecular formula is C26H30N2O5S. The Balaban J connectivity index is 1.90. The molecule has 0 aromatic heterocycles. The summed E-state index contributed by atoms with van der Waals surface area (Å²) < 4.78 is 39.0. The molecule has 1 amide bonds. The molecular weight excluding hydrogens is 452 g/mol. The molecule has 8 heteroatoms. The lowest BCUT2D eigenvalue weighted by Gasteiger charge is -2.28. The number of benzene rings is 3. The third-order valence-electron chi connectivity index (χ3n) is 5.57. The molecule has 0 spiro atoms. The lowest BCUT2D eigenvalue weighted by atomic mass is 10.2. The molecule has 0 aliphatic rings. The van der Waals surface area contributed by atoms with Gasteiger partial charge in [-0.2, -0.15) is 0 Å². The Morgan fingerprint density at radius 1 is 0.882 bits per heavy atom. The minimum absolute atomic E-state index is 0.136. The fourth-order valence-electron chi connectivity index (χ4n) is 3.56. The van der Waals surface area contributed by atoms with E-state index in [1.165, 1.54) is 9.21 Å². The zero-order chi connectivity index (χ0) is 24.9. The van der Waals surface area contributed by atoms with Crippen molar-refractivity contribution in [2.45, 2.75) is 25.3 Å². The van der Waals surface area contributed by atoms with E-state index in [1.54, 1.807) is 69.8 Å². The molecule has 3 rings (SSSR count). The summed E-state index contributed by atoms with van der Waals surface area (Å²) in [6.07, 6.45) is 0. The molecule has 0 aliphatic carbocycles. The number of anilines is 1. The molecule has 0 saturated carbocycles. The van der Waals surface area contributed by atoms with Crippen molar-refractivity contribution in [2.75, 3.05) is 32.1 Å². The lowest BCUT2D eigenvalue weighted by molar-refractivity contribution is -0.128. The highest BCUT2D eigenvalue weighted by molar-refractivity contribution is 7.92. The molecule has 3 aromatic rings. The van der Waals surface area contributed by atoms with E-state index in [2.05, 4.69) is 0 Å². The summed E-state index contributed by atoms with van der Waals surface area (Å²) in [6, 6.07) is 19.2. The van der Waals surface area contributed by atoms with Gasteiger partial charge in [0.15, 0.2) is 11.5 Å². The van der Waals surface area contributed by atoms with E-state index in [0.29, 0.717) is 17.2 Å². The number of ether oxygens (including phenoxy) is 2. The Kier molecular flexibility index (Phi) is 7.83. The number of carbonyl (C=O) groups excluding carboxylic acids is 1. The molecule has 0 heterocycles. The van der Waals surface area contributed by atoms with Gasteiger partial charge in [-0.1, -0.05) is 42.0 Å². The minimum Gasteiger partial charge on any atom is -0.493 e. The smallest absolute Gasteiger partial charge is 0.264 e. The van der Waals surface area contributed by atoms with Gasteiger partial charge in [-0.3, -0.25) is 9.10 Å². The standard InChI is InChI=1S/C26H30N2O5S/c1-19-10-13-22(14-11-19)34(30,31)28(23-9-7-6-8-20(23)2)18-26(29)27(3)17-21-12-15-24(32-4)25(16-21)33-5/h6-16H,17-18H2,1-5H3. The second kappa shape index (κ2) is 10.6. The number of rotatable bonds is 9. The Labute approximate surface area is 201 Å². The van der Waals surface area contributed by atoms with Gasteiger partial charge in [0.2, 0.25) is 5.91 Å². The van der Waals surface area contributed by atoms with Gasteiger partial charge in [0, 0.05) is 13.6 Å². The van der Waals surface area contributed by atoms with Gasteiger partial charge >= 0.3 is 0 Å². The van der Waals surface area contributed by atoms with Gasteiger partial charge in [-0.25, -0.2) is 8.42 Å². The number of hydrogen-bond acceptors (Lipinski definition) is 5. The predicted molar refractivity (Wildman–Crippen MR) is 133 cm³/mol. The number of methoxy groups -OCH3 is 2. The van der Waals surface area contributed by atoms with Crippen molar-refractivity contribution in [1.29, 1.82) is 0 Å². The van der Waals surface area contributed by atoms with Crippen molar-refractivity contribution in [2.24, 2.45) is 0 Å². The second-order valence-electron chi connectivity index (χ2n) is 8.05. The normalized spacial score (nSPS) is 11.1. The predicted octanol–water partition coefficient (Wildman–Crippen LogP) is 4.17. The first-order chi connectivity index (χ1) is 16.2. The molecule has 0 atom stereocenters. The summed E-state index contributed by atoms with van der Waals surface area (Å²) in [5, 5.41) is 0. The third-order valence-corrected chi connectivity index (χ3v) is 7.34. The van der Waals surface area contributed by atoms with E-state index in [-0.39, 0.29) is 23.9 Å². The second-order valence-corrected chi connectivity index (χ2v) is 9.91. The van der Waals surface area contributed by atoms with E-state index < -0.39 is 10.0 Å². The van der Waals surface area contributed by atoms with Crippen LogP contribution in [0.1, 0.15) is 16.7 Å². The summed E-state index contributed by atoms with van der Waals surface area (Å²) >= 11 is 0. The first-order valence-electron chi connectivity index (χ1n) is 10.8. The highest BCUT2D eigenvalue weighted by Gasteiger charge is 2.29. The maximum atomic E-state index is 13.6. The fourth-order valence-corrected chi connectivity index (χ4v) is 5.04. The maximum Gasteiger partial charge on any atom is 0.264 e. The molecule has 180 valence electrons. The molecule has 0 unspecified atom stereocenters. The van der Waals surface area contributed by atoms with Crippen LogP contribution in [0.2, 0.25) is 0 Å².